The molecule has 0 N–H and O–H groups in total. The van der Waals surface area contributed by atoms with Crippen molar-refractivity contribution >= 4 is 11.6 Å². The van der Waals surface area contributed by atoms with E-state index in [1.165, 1.54) is 0 Å². The van der Waals surface area contributed by atoms with Gasteiger partial charge >= 0.3 is 0 Å². The first-order valence-electron chi connectivity index (χ1n) is 4.86. The largest absolute Gasteiger partial charge is 0.376 e. The summed E-state index contributed by atoms with van der Waals surface area (Å²) in [4.78, 5) is 0. The molecule has 5 heteroatoms. The summed E-state index contributed by atoms with van der Waals surface area (Å²) in [6.45, 7) is 5.57. The fraction of sp³-hybridized carbons (Fsp3) is 0.600. The minimum atomic E-state index is 0.240. The van der Waals surface area contributed by atoms with Crippen LogP contribution >= 0.6 is 11.6 Å². The molecule has 15 heavy (non-hydrogen) atoms. The van der Waals surface area contributed by atoms with Crippen LogP contribution in [-0.4, -0.2) is 29.5 Å². The van der Waals surface area contributed by atoms with Crippen LogP contribution < -0.4 is 0 Å². The minimum absolute atomic E-state index is 0.240. The zero-order chi connectivity index (χ0) is 11.1. The van der Waals surface area contributed by atoms with E-state index in [1.807, 2.05) is 13.8 Å². The maximum absolute atomic E-state index is 5.60. The lowest BCUT2D eigenvalue weighted by molar-refractivity contribution is 0.0134. The van der Waals surface area contributed by atoms with Gasteiger partial charge in [-0.05, 0) is 26.0 Å². The van der Waals surface area contributed by atoms with Gasteiger partial charge in [0.25, 0.3) is 0 Å². The highest BCUT2D eigenvalue weighted by Gasteiger charge is 1.97. The first kappa shape index (κ1) is 12.4. The molecule has 0 aliphatic heterocycles. The third-order valence-electron chi connectivity index (χ3n) is 1.62. The molecule has 0 aliphatic rings. The first-order chi connectivity index (χ1) is 7.18. The summed E-state index contributed by atoms with van der Waals surface area (Å²) in [5.41, 5.74) is 0.768. The van der Waals surface area contributed by atoms with Gasteiger partial charge in [0.1, 0.15) is 0 Å². The van der Waals surface area contributed by atoms with E-state index in [1.54, 1.807) is 12.1 Å². The van der Waals surface area contributed by atoms with E-state index in [0.717, 1.165) is 5.69 Å². The molecule has 0 atom stereocenters. The quantitative estimate of drug-likeness (QED) is 0.702. The summed E-state index contributed by atoms with van der Waals surface area (Å²) in [5, 5.41) is 7.96. The summed E-state index contributed by atoms with van der Waals surface area (Å²) in [5.74, 6) is 0. The molecule has 0 spiro atoms. The van der Waals surface area contributed by atoms with Crippen LogP contribution in [0.25, 0.3) is 0 Å². The van der Waals surface area contributed by atoms with Crippen molar-refractivity contribution in [1.29, 1.82) is 0 Å². The third-order valence-corrected chi connectivity index (χ3v) is 1.82. The second-order valence-electron chi connectivity index (χ2n) is 3.32. The first-order valence-corrected chi connectivity index (χ1v) is 5.23. The number of aromatic nitrogens is 2. The monoisotopic (exact) mass is 230 g/mol. The molecule has 0 saturated heterocycles. The zero-order valence-electron chi connectivity index (χ0n) is 8.94. The van der Waals surface area contributed by atoms with Gasteiger partial charge in [-0.1, -0.05) is 11.6 Å². The van der Waals surface area contributed by atoms with Crippen molar-refractivity contribution in [3.05, 3.63) is 23.0 Å². The highest BCUT2D eigenvalue weighted by Crippen LogP contribution is 2.02. The Morgan fingerprint density at radius 3 is 2.67 bits per heavy atom. The molecule has 0 radical (unpaired) electrons. The van der Waals surface area contributed by atoms with E-state index < -0.39 is 0 Å². The Bertz CT molecular complexity index is 277. The van der Waals surface area contributed by atoms with E-state index in [0.29, 0.717) is 25.0 Å². The Labute approximate surface area is 94.6 Å². The maximum atomic E-state index is 5.60. The summed E-state index contributed by atoms with van der Waals surface area (Å²) in [6.07, 6.45) is 0.240. The molecular formula is C10H15ClN2O2. The van der Waals surface area contributed by atoms with Gasteiger partial charge in [-0.2, -0.15) is 5.10 Å². The highest BCUT2D eigenvalue weighted by molar-refractivity contribution is 6.29. The van der Waals surface area contributed by atoms with Crippen LogP contribution in [0, 0.1) is 0 Å². The number of halogens is 1. The van der Waals surface area contributed by atoms with E-state index in [2.05, 4.69) is 10.2 Å². The Kier molecular flexibility index (Phi) is 5.53. The van der Waals surface area contributed by atoms with Gasteiger partial charge in [0, 0.05) is 0 Å². The van der Waals surface area contributed by atoms with Crippen LogP contribution in [0.1, 0.15) is 19.5 Å². The lowest BCUT2D eigenvalue weighted by atomic mass is 10.4. The van der Waals surface area contributed by atoms with Crippen LogP contribution in [0.15, 0.2) is 12.1 Å². The molecule has 1 aromatic heterocycles. The molecule has 0 amide bonds. The Morgan fingerprint density at radius 1 is 1.27 bits per heavy atom. The molecule has 0 aromatic carbocycles. The molecule has 0 unspecified atom stereocenters. The number of hydrogen-bond acceptors (Lipinski definition) is 4. The number of nitrogens with zero attached hydrogens (tertiary/aromatic N) is 2. The summed E-state index contributed by atoms with van der Waals surface area (Å²) in [6, 6.07) is 3.48. The van der Waals surface area contributed by atoms with E-state index >= 15 is 0 Å². The van der Waals surface area contributed by atoms with Crippen molar-refractivity contribution in [3.8, 4) is 0 Å². The number of rotatable bonds is 6. The molecule has 0 saturated carbocycles. The molecule has 1 heterocycles. The van der Waals surface area contributed by atoms with Crippen molar-refractivity contribution in [2.24, 2.45) is 0 Å². The molecular weight excluding hydrogens is 216 g/mol. The normalized spacial score (nSPS) is 10.9. The Balaban J connectivity index is 2.12. The van der Waals surface area contributed by atoms with Crippen molar-refractivity contribution in [2.75, 3.05) is 13.2 Å². The van der Waals surface area contributed by atoms with Crippen molar-refractivity contribution in [1.82, 2.24) is 10.2 Å². The predicted octanol–water partition coefficient (Wildman–Crippen LogP) is 2.07. The van der Waals surface area contributed by atoms with Crippen molar-refractivity contribution in [2.45, 2.75) is 26.6 Å². The van der Waals surface area contributed by atoms with Crippen LogP contribution in [0.2, 0.25) is 5.15 Å². The number of hydrogen-bond donors (Lipinski definition) is 0. The Hall–Kier alpha value is -0.710. The maximum Gasteiger partial charge on any atom is 0.151 e. The van der Waals surface area contributed by atoms with Crippen molar-refractivity contribution in [3.63, 3.8) is 0 Å². The van der Waals surface area contributed by atoms with Gasteiger partial charge in [0.15, 0.2) is 5.15 Å². The van der Waals surface area contributed by atoms with Crippen molar-refractivity contribution < 1.29 is 9.47 Å². The second-order valence-corrected chi connectivity index (χ2v) is 3.71. The topological polar surface area (TPSA) is 44.2 Å². The van der Waals surface area contributed by atoms with Gasteiger partial charge in [0.05, 0.1) is 31.6 Å². The molecule has 0 aliphatic carbocycles. The smallest absolute Gasteiger partial charge is 0.151 e. The average Bonchev–Trinajstić information content (AvgIpc) is 2.20. The zero-order valence-corrected chi connectivity index (χ0v) is 9.70. The summed E-state index contributed by atoms with van der Waals surface area (Å²) < 4.78 is 10.7. The SMILES string of the molecule is CC(C)OCCOCc1ccc(Cl)nn1. The van der Waals surface area contributed by atoms with Crippen LogP contribution in [0.4, 0.5) is 0 Å². The van der Waals surface area contributed by atoms with Gasteiger partial charge in [0.2, 0.25) is 0 Å². The fourth-order valence-electron chi connectivity index (χ4n) is 0.940. The summed E-state index contributed by atoms with van der Waals surface area (Å²) in [7, 11) is 0. The van der Waals surface area contributed by atoms with Crippen LogP contribution in [-0.2, 0) is 16.1 Å². The van der Waals surface area contributed by atoms with Gasteiger partial charge < -0.3 is 9.47 Å². The molecule has 1 aromatic rings. The fourth-order valence-corrected chi connectivity index (χ4v) is 1.04. The standard InChI is InChI=1S/C10H15ClN2O2/c1-8(2)15-6-5-14-7-9-3-4-10(11)13-12-9/h3-4,8H,5-7H2,1-2H3. The van der Waals surface area contributed by atoms with Gasteiger partial charge in [-0.25, -0.2) is 0 Å². The lowest BCUT2D eigenvalue weighted by Crippen LogP contribution is -2.09. The lowest BCUT2D eigenvalue weighted by Gasteiger charge is -2.07. The molecule has 4 nitrogen and oxygen atoms in total. The predicted molar refractivity (Wildman–Crippen MR) is 57.8 cm³/mol. The van der Waals surface area contributed by atoms with Gasteiger partial charge in [-0.3, -0.25) is 0 Å². The van der Waals surface area contributed by atoms with E-state index in [9.17, 15) is 0 Å². The Morgan fingerprint density at radius 2 is 2.07 bits per heavy atom. The summed E-state index contributed by atoms with van der Waals surface area (Å²) >= 11 is 5.60. The van der Waals surface area contributed by atoms with Crippen LogP contribution in [0.5, 0.6) is 0 Å². The minimum Gasteiger partial charge on any atom is -0.376 e. The number of ether oxygens (including phenoxy) is 2. The van der Waals surface area contributed by atoms with E-state index in [-0.39, 0.29) is 6.10 Å². The van der Waals surface area contributed by atoms with E-state index in [4.69, 9.17) is 21.1 Å². The highest BCUT2D eigenvalue weighted by atomic mass is 35.5. The third kappa shape index (κ3) is 5.67. The molecule has 0 fully saturated rings. The van der Waals surface area contributed by atoms with Crippen LogP contribution in [0.3, 0.4) is 0 Å². The molecule has 1 rings (SSSR count). The second kappa shape index (κ2) is 6.71. The average molecular weight is 231 g/mol. The van der Waals surface area contributed by atoms with Gasteiger partial charge in [-0.15, -0.1) is 5.10 Å². The molecule has 84 valence electrons. The molecule has 0 bridgehead atoms.